The molecule has 0 unspecified atom stereocenters. The van der Waals surface area contributed by atoms with Gasteiger partial charge in [0.1, 0.15) is 6.61 Å². The first-order valence-electron chi connectivity index (χ1n) is 6.78. The van der Waals surface area contributed by atoms with Crippen LogP contribution in [0.5, 0.6) is 0 Å². The van der Waals surface area contributed by atoms with Crippen LogP contribution in [0.4, 0.5) is 10.6 Å². The van der Waals surface area contributed by atoms with Crippen LogP contribution in [0.3, 0.4) is 0 Å². The summed E-state index contributed by atoms with van der Waals surface area (Å²) < 4.78 is 6.61. The van der Waals surface area contributed by atoms with Crippen LogP contribution < -0.4 is 5.32 Å². The normalized spacial score (nSPS) is 10.2. The lowest BCUT2D eigenvalue weighted by Gasteiger charge is -2.05. The minimum Gasteiger partial charge on any atom is -0.481 e. The van der Waals surface area contributed by atoms with Crippen LogP contribution in [0, 0.1) is 6.92 Å². The Labute approximate surface area is 127 Å². The Kier molecular flexibility index (Phi) is 5.13. The van der Waals surface area contributed by atoms with E-state index in [2.05, 4.69) is 10.4 Å². The van der Waals surface area contributed by atoms with Crippen molar-refractivity contribution in [3.63, 3.8) is 0 Å². The molecule has 2 rings (SSSR count). The molecule has 0 saturated heterocycles. The summed E-state index contributed by atoms with van der Waals surface area (Å²) in [6, 6.07) is 11.0. The Morgan fingerprint density at radius 1 is 1.32 bits per heavy atom. The van der Waals surface area contributed by atoms with Gasteiger partial charge in [-0.1, -0.05) is 30.3 Å². The van der Waals surface area contributed by atoms with Gasteiger partial charge in [-0.25, -0.2) is 4.79 Å². The first-order valence-corrected chi connectivity index (χ1v) is 6.78. The predicted octanol–water partition coefficient (Wildman–Crippen LogP) is 2.41. The number of hydrogen-bond donors (Lipinski definition) is 2. The molecule has 2 aromatic rings. The lowest BCUT2D eigenvalue weighted by molar-refractivity contribution is -0.137. The summed E-state index contributed by atoms with van der Waals surface area (Å²) in [6.45, 7) is 2.21. The lowest BCUT2D eigenvalue weighted by Crippen LogP contribution is -2.14. The Hall–Kier alpha value is -2.83. The number of hydrogen-bond acceptors (Lipinski definition) is 4. The summed E-state index contributed by atoms with van der Waals surface area (Å²) in [4.78, 5) is 22.3. The number of carboxylic acid groups (broad SMARTS) is 1. The zero-order valence-electron chi connectivity index (χ0n) is 12.2. The van der Waals surface area contributed by atoms with E-state index < -0.39 is 12.1 Å². The fourth-order valence-corrected chi connectivity index (χ4v) is 1.86. The number of carbonyl (C=O) groups is 2. The van der Waals surface area contributed by atoms with Gasteiger partial charge in [0.15, 0.2) is 5.82 Å². The van der Waals surface area contributed by atoms with Crippen molar-refractivity contribution >= 4 is 17.9 Å². The maximum absolute atomic E-state index is 11.7. The predicted molar refractivity (Wildman–Crippen MR) is 79.5 cm³/mol. The topological polar surface area (TPSA) is 93.5 Å². The van der Waals surface area contributed by atoms with Gasteiger partial charge < -0.3 is 9.84 Å². The molecule has 0 aliphatic rings. The third-order valence-corrected chi connectivity index (χ3v) is 2.96. The molecular weight excluding hydrogens is 286 g/mol. The molecule has 22 heavy (non-hydrogen) atoms. The Bertz CT molecular complexity index is 652. The molecule has 2 N–H and O–H groups in total. The summed E-state index contributed by atoms with van der Waals surface area (Å²) in [5.41, 5.74) is 1.65. The van der Waals surface area contributed by atoms with Crippen LogP contribution in [-0.2, 0) is 22.7 Å². The van der Waals surface area contributed by atoms with Crippen LogP contribution in [0.1, 0.15) is 17.7 Å². The number of benzene rings is 1. The van der Waals surface area contributed by atoms with Gasteiger partial charge >= 0.3 is 12.1 Å². The van der Waals surface area contributed by atoms with Crippen molar-refractivity contribution in [1.82, 2.24) is 9.78 Å². The van der Waals surface area contributed by atoms with E-state index in [9.17, 15) is 9.59 Å². The number of carbonyl (C=O) groups excluding carboxylic acids is 1. The minimum atomic E-state index is -0.897. The van der Waals surface area contributed by atoms with Crippen LogP contribution in [0.15, 0.2) is 36.4 Å². The van der Waals surface area contributed by atoms with Crippen molar-refractivity contribution in [1.29, 1.82) is 0 Å². The Morgan fingerprint density at radius 2 is 2.05 bits per heavy atom. The van der Waals surface area contributed by atoms with Gasteiger partial charge in [-0.2, -0.15) is 5.10 Å². The number of aliphatic carboxylic acids is 1. The van der Waals surface area contributed by atoms with Crippen LogP contribution in [0.2, 0.25) is 0 Å². The van der Waals surface area contributed by atoms with E-state index in [1.54, 1.807) is 13.0 Å². The molecule has 1 aromatic carbocycles. The minimum absolute atomic E-state index is 0.0274. The molecule has 0 aliphatic heterocycles. The number of aryl methyl sites for hydroxylation is 2. The third kappa shape index (κ3) is 4.62. The second-order valence-electron chi connectivity index (χ2n) is 4.72. The van der Waals surface area contributed by atoms with E-state index in [1.165, 1.54) is 4.68 Å². The molecule has 0 radical (unpaired) electrons. The molecule has 0 atom stereocenters. The number of carboxylic acids is 1. The first kappa shape index (κ1) is 15.6. The standard InChI is InChI=1S/C15H17N3O4/c1-11-9-13(17-18(11)8-7-14(19)20)16-15(21)22-10-12-5-3-2-4-6-12/h2-6,9H,7-8,10H2,1H3,(H,19,20)(H,16,17,21). The molecular formula is C15H17N3O4. The van der Waals surface area contributed by atoms with Gasteiger partial charge in [0.25, 0.3) is 0 Å². The van der Waals surface area contributed by atoms with Crippen molar-refractivity contribution in [3.8, 4) is 0 Å². The quantitative estimate of drug-likeness (QED) is 0.854. The number of nitrogens with one attached hydrogen (secondary N) is 1. The van der Waals surface area contributed by atoms with E-state index in [4.69, 9.17) is 9.84 Å². The molecule has 7 heteroatoms. The van der Waals surface area contributed by atoms with Crippen LogP contribution >= 0.6 is 0 Å². The zero-order valence-corrected chi connectivity index (χ0v) is 12.2. The molecule has 0 spiro atoms. The van der Waals surface area contributed by atoms with Gasteiger partial charge in [0, 0.05) is 11.8 Å². The summed E-state index contributed by atoms with van der Waals surface area (Å²) in [6.07, 6.45) is -0.632. The SMILES string of the molecule is Cc1cc(NC(=O)OCc2ccccc2)nn1CCC(=O)O. The van der Waals surface area contributed by atoms with E-state index in [-0.39, 0.29) is 19.6 Å². The summed E-state index contributed by atoms with van der Waals surface area (Å²) in [7, 11) is 0. The average molecular weight is 303 g/mol. The molecule has 0 bridgehead atoms. The van der Waals surface area contributed by atoms with E-state index in [0.29, 0.717) is 5.82 Å². The number of amides is 1. The van der Waals surface area contributed by atoms with E-state index >= 15 is 0 Å². The maximum Gasteiger partial charge on any atom is 0.413 e. The number of nitrogens with zero attached hydrogens (tertiary/aromatic N) is 2. The lowest BCUT2D eigenvalue weighted by atomic mass is 10.2. The molecule has 7 nitrogen and oxygen atoms in total. The molecule has 1 heterocycles. The number of anilines is 1. The molecule has 116 valence electrons. The molecule has 1 aromatic heterocycles. The van der Waals surface area contributed by atoms with Crippen molar-refractivity contribution in [2.45, 2.75) is 26.5 Å². The van der Waals surface area contributed by atoms with Crippen molar-refractivity contribution in [2.75, 3.05) is 5.32 Å². The highest BCUT2D eigenvalue weighted by atomic mass is 16.5. The molecule has 0 aliphatic carbocycles. The molecule has 0 fully saturated rings. The van der Waals surface area contributed by atoms with Crippen LogP contribution in [-0.4, -0.2) is 26.9 Å². The second kappa shape index (κ2) is 7.26. The van der Waals surface area contributed by atoms with E-state index in [0.717, 1.165) is 11.3 Å². The number of aromatic nitrogens is 2. The van der Waals surface area contributed by atoms with Gasteiger partial charge in [-0.15, -0.1) is 0 Å². The highest BCUT2D eigenvalue weighted by Gasteiger charge is 2.10. The monoisotopic (exact) mass is 303 g/mol. The number of rotatable bonds is 6. The summed E-state index contributed by atoms with van der Waals surface area (Å²) >= 11 is 0. The first-order chi connectivity index (χ1) is 10.5. The van der Waals surface area contributed by atoms with Gasteiger partial charge in [0.2, 0.25) is 0 Å². The molecule has 1 amide bonds. The largest absolute Gasteiger partial charge is 0.481 e. The fourth-order valence-electron chi connectivity index (χ4n) is 1.86. The second-order valence-corrected chi connectivity index (χ2v) is 4.72. The Morgan fingerprint density at radius 3 is 2.73 bits per heavy atom. The van der Waals surface area contributed by atoms with Crippen LogP contribution in [0.25, 0.3) is 0 Å². The van der Waals surface area contributed by atoms with Gasteiger partial charge in [-0.05, 0) is 12.5 Å². The Balaban J connectivity index is 1.86. The number of ether oxygens (including phenoxy) is 1. The molecule has 0 saturated carbocycles. The van der Waals surface area contributed by atoms with Crippen molar-refractivity contribution in [2.24, 2.45) is 0 Å². The zero-order chi connectivity index (χ0) is 15.9. The van der Waals surface area contributed by atoms with Crippen molar-refractivity contribution < 1.29 is 19.4 Å². The highest BCUT2D eigenvalue weighted by Crippen LogP contribution is 2.10. The van der Waals surface area contributed by atoms with Crippen molar-refractivity contribution in [3.05, 3.63) is 47.7 Å². The summed E-state index contributed by atoms with van der Waals surface area (Å²) in [5, 5.41) is 15.3. The van der Waals surface area contributed by atoms with E-state index in [1.807, 2.05) is 30.3 Å². The van der Waals surface area contributed by atoms with Gasteiger partial charge in [0.05, 0.1) is 13.0 Å². The maximum atomic E-state index is 11.7. The smallest absolute Gasteiger partial charge is 0.413 e. The third-order valence-electron chi connectivity index (χ3n) is 2.96. The average Bonchev–Trinajstić information content (AvgIpc) is 2.84. The highest BCUT2D eigenvalue weighted by molar-refractivity contribution is 5.83. The van der Waals surface area contributed by atoms with Gasteiger partial charge in [-0.3, -0.25) is 14.8 Å². The fraction of sp³-hybridized carbons (Fsp3) is 0.267. The summed E-state index contributed by atoms with van der Waals surface area (Å²) in [5.74, 6) is -0.562.